The molecule has 0 aromatic heterocycles. The van der Waals surface area contributed by atoms with Crippen LogP contribution in [0.3, 0.4) is 0 Å². The molecule has 0 aliphatic carbocycles. The fourth-order valence-corrected chi connectivity index (χ4v) is 2.32. The standard InChI is InChI=1S/C18H19BrO/c1-4-13-5-7-14(8-6-13)15-9-11-16(12-10-15)17(20)18(2,3)19/h5-12H,4H2,1-3H3. The van der Waals surface area contributed by atoms with Gasteiger partial charge in [0.2, 0.25) is 0 Å². The van der Waals surface area contributed by atoms with Gasteiger partial charge in [0.1, 0.15) is 0 Å². The van der Waals surface area contributed by atoms with Crippen molar-refractivity contribution < 1.29 is 4.79 Å². The summed E-state index contributed by atoms with van der Waals surface area (Å²) in [5, 5.41) is 0. The van der Waals surface area contributed by atoms with Crippen molar-refractivity contribution in [3.63, 3.8) is 0 Å². The number of carbonyl (C=O) groups is 1. The van der Waals surface area contributed by atoms with Gasteiger partial charge in [0.15, 0.2) is 5.78 Å². The van der Waals surface area contributed by atoms with Gasteiger partial charge >= 0.3 is 0 Å². The number of rotatable bonds is 4. The van der Waals surface area contributed by atoms with Crippen molar-refractivity contribution >= 4 is 21.7 Å². The quantitative estimate of drug-likeness (QED) is 0.551. The Balaban J connectivity index is 2.25. The third-order valence-corrected chi connectivity index (χ3v) is 3.74. The lowest BCUT2D eigenvalue weighted by atomic mass is 9.97. The molecule has 2 aromatic rings. The summed E-state index contributed by atoms with van der Waals surface area (Å²) in [7, 11) is 0. The Kier molecular flexibility index (Phi) is 4.44. The summed E-state index contributed by atoms with van der Waals surface area (Å²) in [4.78, 5) is 12.2. The Labute approximate surface area is 129 Å². The van der Waals surface area contributed by atoms with Gasteiger partial charge in [0.05, 0.1) is 4.32 Å². The lowest BCUT2D eigenvalue weighted by Gasteiger charge is -2.14. The Hall–Kier alpha value is -1.41. The lowest BCUT2D eigenvalue weighted by molar-refractivity contribution is 0.0961. The molecule has 0 heterocycles. The summed E-state index contributed by atoms with van der Waals surface area (Å²) in [6.45, 7) is 5.89. The molecule has 0 N–H and O–H groups in total. The van der Waals surface area contributed by atoms with Crippen molar-refractivity contribution in [3.05, 3.63) is 59.7 Å². The maximum atomic E-state index is 12.2. The van der Waals surface area contributed by atoms with E-state index in [2.05, 4.69) is 47.1 Å². The molecule has 0 aliphatic rings. The third kappa shape index (κ3) is 3.37. The number of benzene rings is 2. The zero-order chi connectivity index (χ0) is 14.8. The van der Waals surface area contributed by atoms with Gasteiger partial charge in [0, 0.05) is 5.56 Å². The molecule has 0 aliphatic heterocycles. The molecule has 1 nitrogen and oxygen atoms in total. The second-order valence-corrected chi connectivity index (χ2v) is 7.41. The van der Waals surface area contributed by atoms with Crippen LogP contribution in [0.1, 0.15) is 36.7 Å². The zero-order valence-corrected chi connectivity index (χ0v) is 13.7. The zero-order valence-electron chi connectivity index (χ0n) is 12.1. The van der Waals surface area contributed by atoms with Gasteiger partial charge in [-0.25, -0.2) is 0 Å². The summed E-state index contributed by atoms with van der Waals surface area (Å²) in [6.07, 6.45) is 1.05. The van der Waals surface area contributed by atoms with Crippen LogP contribution >= 0.6 is 15.9 Å². The predicted molar refractivity (Wildman–Crippen MR) is 88.6 cm³/mol. The normalized spacial score (nSPS) is 11.4. The molecule has 20 heavy (non-hydrogen) atoms. The molecule has 0 fully saturated rings. The van der Waals surface area contributed by atoms with Crippen molar-refractivity contribution in [3.8, 4) is 11.1 Å². The van der Waals surface area contributed by atoms with Crippen molar-refractivity contribution in [2.75, 3.05) is 0 Å². The number of Topliss-reactive ketones (excluding diaryl/α,β-unsaturated/α-hetero) is 1. The number of ketones is 1. The van der Waals surface area contributed by atoms with Crippen LogP contribution in [0.25, 0.3) is 11.1 Å². The smallest absolute Gasteiger partial charge is 0.178 e. The van der Waals surface area contributed by atoms with E-state index in [0.717, 1.165) is 17.5 Å². The summed E-state index contributed by atoms with van der Waals surface area (Å²) >= 11 is 3.41. The number of carbonyl (C=O) groups excluding carboxylic acids is 1. The van der Waals surface area contributed by atoms with E-state index in [9.17, 15) is 4.79 Å². The molecule has 0 saturated heterocycles. The minimum absolute atomic E-state index is 0.102. The van der Waals surface area contributed by atoms with Crippen LogP contribution in [0.5, 0.6) is 0 Å². The second kappa shape index (κ2) is 5.92. The molecule has 2 heteroatoms. The number of hydrogen-bond donors (Lipinski definition) is 0. The second-order valence-electron chi connectivity index (χ2n) is 5.43. The predicted octanol–water partition coefficient (Wildman–Crippen LogP) is 5.27. The molecule has 0 saturated carbocycles. The van der Waals surface area contributed by atoms with Crippen LogP contribution in [0, 0.1) is 0 Å². The number of aryl methyl sites for hydroxylation is 1. The van der Waals surface area contributed by atoms with E-state index in [1.807, 2.05) is 38.1 Å². The average Bonchev–Trinajstić information content (AvgIpc) is 2.46. The minimum atomic E-state index is -0.517. The van der Waals surface area contributed by atoms with Gasteiger partial charge in [0.25, 0.3) is 0 Å². The van der Waals surface area contributed by atoms with E-state index in [1.165, 1.54) is 11.1 Å². The fraction of sp³-hybridized carbons (Fsp3) is 0.278. The van der Waals surface area contributed by atoms with E-state index in [0.29, 0.717) is 0 Å². The first kappa shape index (κ1) is 15.0. The highest BCUT2D eigenvalue weighted by molar-refractivity contribution is 9.10. The number of alkyl halides is 1. The van der Waals surface area contributed by atoms with Gasteiger partial charge in [-0.2, -0.15) is 0 Å². The van der Waals surface area contributed by atoms with E-state index >= 15 is 0 Å². The fourth-order valence-electron chi connectivity index (χ4n) is 2.09. The third-order valence-electron chi connectivity index (χ3n) is 3.38. The van der Waals surface area contributed by atoms with Crippen LogP contribution in [0.15, 0.2) is 48.5 Å². The van der Waals surface area contributed by atoms with Crippen LogP contribution in [0.4, 0.5) is 0 Å². The first-order valence-corrected chi connectivity index (χ1v) is 7.64. The molecule has 0 unspecified atom stereocenters. The Morgan fingerprint density at radius 2 is 1.40 bits per heavy atom. The van der Waals surface area contributed by atoms with E-state index < -0.39 is 4.32 Å². The molecule has 0 spiro atoms. The van der Waals surface area contributed by atoms with E-state index in [1.54, 1.807) is 0 Å². The van der Waals surface area contributed by atoms with E-state index in [-0.39, 0.29) is 5.78 Å². The highest BCUT2D eigenvalue weighted by atomic mass is 79.9. The van der Waals surface area contributed by atoms with Gasteiger partial charge in [-0.3, -0.25) is 4.79 Å². The maximum Gasteiger partial charge on any atom is 0.178 e. The highest BCUT2D eigenvalue weighted by Crippen LogP contribution is 2.25. The topological polar surface area (TPSA) is 17.1 Å². The van der Waals surface area contributed by atoms with Crippen LogP contribution in [-0.4, -0.2) is 10.1 Å². The largest absolute Gasteiger partial charge is 0.293 e. The van der Waals surface area contributed by atoms with Gasteiger partial charge < -0.3 is 0 Å². The van der Waals surface area contributed by atoms with Crippen LogP contribution in [-0.2, 0) is 6.42 Å². The number of hydrogen-bond acceptors (Lipinski definition) is 1. The van der Waals surface area contributed by atoms with Crippen molar-refractivity contribution in [2.24, 2.45) is 0 Å². The van der Waals surface area contributed by atoms with Crippen molar-refractivity contribution in [1.29, 1.82) is 0 Å². The highest BCUT2D eigenvalue weighted by Gasteiger charge is 2.24. The Morgan fingerprint density at radius 3 is 1.80 bits per heavy atom. The SMILES string of the molecule is CCc1ccc(-c2ccc(C(=O)C(C)(C)Br)cc2)cc1. The Morgan fingerprint density at radius 1 is 0.950 bits per heavy atom. The molecular weight excluding hydrogens is 312 g/mol. The first-order valence-electron chi connectivity index (χ1n) is 6.85. The molecule has 0 amide bonds. The van der Waals surface area contributed by atoms with Crippen LogP contribution < -0.4 is 0 Å². The van der Waals surface area contributed by atoms with Crippen LogP contribution in [0.2, 0.25) is 0 Å². The lowest BCUT2D eigenvalue weighted by Crippen LogP contribution is -2.23. The summed E-state index contributed by atoms with van der Waals surface area (Å²) in [6, 6.07) is 16.4. The maximum absolute atomic E-state index is 12.2. The van der Waals surface area contributed by atoms with E-state index in [4.69, 9.17) is 0 Å². The van der Waals surface area contributed by atoms with Crippen molar-refractivity contribution in [1.82, 2.24) is 0 Å². The summed E-state index contributed by atoms with van der Waals surface area (Å²) in [5.41, 5.74) is 4.39. The molecule has 104 valence electrons. The monoisotopic (exact) mass is 330 g/mol. The first-order chi connectivity index (χ1) is 9.41. The average molecular weight is 331 g/mol. The van der Waals surface area contributed by atoms with Gasteiger partial charge in [-0.05, 0) is 37.0 Å². The molecule has 2 rings (SSSR count). The van der Waals surface area contributed by atoms with Crippen molar-refractivity contribution in [2.45, 2.75) is 31.5 Å². The molecular formula is C18H19BrO. The number of halogens is 1. The van der Waals surface area contributed by atoms with Gasteiger partial charge in [-0.15, -0.1) is 0 Å². The molecule has 2 aromatic carbocycles. The Bertz CT molecular complexity index is 589. The summed E-state index contributed by atoms with van der Waals surface area (Å²) < 4.78 is -0.517. The van der Waals surface area contributed by atoms with Gasteiger partial charge in [-0.1, -0.05) is 71.4 Å². The summed E-state index contributed by atoms with van der Waals surface area (Å²) in [5.74, 6) is 0.102. The molecule has 0 atom stereocenters. The minimum Gasteiger partial charge on any atom is -0.293 e. The molecule has 0 bridgehead atoms. The molecule has 0 radical (unpaired) electrons.